The SMILES string of the molecule is CCOC(=O)CNC(=O)c1cc(C#CCN)ccc1C. The van der Waals surface area contributed by atoms with Gasteiger partial charge in [0.25, 0.3) is 5.91 Å². The molecule has 106 valence electrons. The lowest BCUT2D eigenvalue weighted by Crippen LogP contribution is -2.31. The number of carbonyl (C=O) groups is 2. The third kappa shape index (κ3) is 4.75. The summed E-state index contributed by atoms with van der Waals surface area (Å²) in [5.41, 5.74) is 7.31. The summed E-state index contributed by atoms with van der Waals surface area (Å²) in [5, 5.41) is 2.52. The van der Waals surface area contributed by atoms with Crippen LogP contribution in [0, 0.1) is 18.8 Å². The Bertz CT molecular complexity index is 556. The Morgan fingerprint density at radius 3 is 2.80 bits per heavy atom. The molecular formula is C15H18N2O3. The van der Waals surface area contributed by atoms with Crippen LogP contribution in [0.4, 0.5) is 0 Å². The summed E-state index contributed by atoms with van der Waals surface area (Å²) in [6.45, 7) is 3.93. The number of hydrogen-bond donors (Lipinski definition) is 2. The fraction of sp³-hybridized carbons (Fsp3) is 0.333. The zero-order valence-electron chi connectivity index (χ0n) is 11.7. The van der Waals surface area contributed by atoms with Crippen LogP contribution in [0.2, 0.25) is 0 Å². The fourth-order valence-electron chi connectivity index (χ4n) is 1.56. The van der Waals surface area contributed by atoms with E-state index in [4.69, 9.17) is 10.5 Å². The molecule has 5 nitrogen and oxygen atoms in total. The summed E-state index contributed by atoms with van der Waals surface area (Å²) in [6.07, 6.45) is 0. The number of benzene rings is 1. The average Bonchev–Trinajstić information content (AvgIpc) is 2.44. The van der Waals surface area contributed by atoms with Crippen LogP contribution in [0.5, 0.6) is 0 Å². The number of nitrogens with one attached hydrogen (secondary N) is 1. The molecule has 1 aromatic rings. The minimum atomic E-state index is -0.461. The Morgan fingerprint density at radius 2 is 2.15 bits per heavy atom. The van der Waals surface area contributed by atoms with Crippen molar-refractivity contribution in [1.82, 2.24) is 5.32 Å². The number of hydrogen-bond acceptors (Lipinski definition) is 4. The first kappa shape index (κ1) is 15.7. The van der Waals surface area contributed by atoms with Gasteiger partial charge in [0.1, 0.15) is 6.54 Å². The van der Waals surface area contributed by atoms with Crippen LogP contribution in [0.15, 0.2) is 18.2 Å². The highest BCUT2D eigenvalue weighted by Gasteiger charge is 2.11. The maximum absolute atomic E-state index is 12.0. The van der Waals surface area contributed by atoms with Gasteiger partial charge in [-0.15, -0.1) is 0 Å². The van der Waals surface area contributed by atoms with Crippen LogP contribution in [-0.4, -0.2) is 31.6 Å². The van der Waals surface area contributed by atoms with Crippen LogP contribution < -0.4 is 11.1 Å². The smallest absolute Gasteiger partial charge is 0.325 e. The van der Waals surface area contributed by atoms with Gasteiger partial charge in [-0.25, -0.2) is 0 Å². The third-order valence-corrected chi connectivity index (χ3v) is 2.52. The maximum atomic E-state index is 12.0. The molecule has 5 heteroatoms. The van der Waals surface area contributed by atoms with E-state index in [1.807, 2.05) is 13.0 Å². The lowest BCUT2D eigenvalue weighted by molar-refractivity contribution is -0.141. The molecule has 0 bridgehead atoms. The van der Waals surface area contributed by atoms with Crippen molar-refractivity contribution in [3.63, 3.8) is 0 Å². The van der Waals surface area contributed by atoms with Crippen LogP contribution in [0.3, 0.4) is 0 Å². The van der Waals surface area contributed by atoms with E-state index >= 15 is 0 Å². The Labute approximate surface area is 118 Å². The molecule has 1 amide bonds. The van der Waals surface area contributed by atoms with Gasteiger partial charge >= 0.3 is 5.97 Å². The second-order valence-electron chi connectivity index (χ2n) is 4.02. The van der Waals surface area contributed by atoms with E-state index in [2.05, 4.69) is 17.2 Å². The maximum Gasteiger partial charge on any atom is 0.325 e. The number of rotatable bonds is 4. The van der Waals surface area contributed by atoms with Gasteiger partial charge < -0.3 is 15.8 Å². The molecule has 1 rings (SSSR count). The summed E-state index contributed by atoms with van der Waals surface area (Å²) in [4.78, 5) is 23.2. The van der Waals surface area contributed by atoms with Crippen molar-refractivity contribution < 1.29 is 14.3 Å². The minimum Gasteiger partial charge on any atom is -0.465 e. The van der Waals surface area contributed by atoms with E-state index in [1.54, 1.807) is 19.1 Å². The van der Waals surface area contributed by atoms with Gasteiger partial charge in [-0.2, -0.15) is 0 Å². The zero-order chi connectivity index (χ0) is 15.0. The first-order valence-electron chi connectivity index (χ1n) is 6.32. The number of nitrogens with two attached hydrogens (primary N) is 1. The van der Waals surface area contributed by atoms with E-state index in [-0.39, 0.29) is 25.6 Å². The standard InChI is InChI=1S/C15H18N2O3/c1-3-20-14(18)10-17-15(19)13-9-12(5-4-8-16)7-6-11(13)2/h6-7,9H,3,8,10,16H2,1-2H3,(H,17,19). The Kier molecular flexibility index (Phi) is 6.27. The summed E-state index contributed by atoms with van der Waals surface area (Å²) in [7, 11) is 0. The Hall–Kier alpha value is -2.32. The summed E-state index contributed by atoms with van der Waals surface area (Å²) in [6, 6.07) is 5.30. The molecule has 0 heterocycles. The number of esters is 1. The predicted molar refractivity (Wildman–Crippen MR) is 76.1 cm³/mol. The molecule has 0 aliphatic carbocycles. The highest BCUT2D eigenvalue weighted by Crippen LogP contribution is 2.10. The van der Waals surface area contributed by atoms with Crippen LogP contribution in [0.1, 0.15) is 28.4 Å². The lowest BCUT2D eigenvalue weighted by Gasteiger charge is -2.08. The van der Waals surface area contributed by atoms with Gasteiger partial charge in [0.2, 0.25) is 0 Å². The molecule has 0 atom stereocenters. The normalized spacial score (nSPS) is 9.35. The molecule has 20 heavy (non-hydrogen) atoms. The van der Waals surface area contributed by atoms with Crippen LogP contribution >= 0.6 is 0 Å². The van der Waals surface area contributed by atoms with Crippen LogP contribution in [0.25, 0.3) is 0 Å². The Balaban J connectivity index is 2.79. The van der Waals surface area contributed by atoms with Crippen molar-refractivity contribution >= 4 is 11.9 Å². The number of ether oxygens (including phenoxy) is 1. The van der Waals surface area contributed by atoms with Gasteiger partial charge in [-0.1, -0.05) is 17.9 Å². The van der Waals surface area contributed by atoms with Crippen LogP contribution in [-0.2, 0) is 9.53 Å². The summed E-state index contributed by atoms with van der Waals surface area (Å²) >= 11 is 0. The van der Waals surface area contributed by atoms with E-state index in [9.17, 15) is 9.59 Å². The fourth-order valence-corrected chi connectivity index (χ4v) is 1.56. The van der Waals surface area contributed by atoms with E-state index < -0.39 is 5.97 Å². The molecule has 0 spiro atoms. The molecule has 0 unspecified atom stereocenters. The number of carbonyl (C=O) groups excluding carboxylic acids is 2. The molecule has 1 aromatic carbocycles. The summed E-state index contributed by atoms with van der Waals surface area (Å²) < 4.78 is 4.75. The monoisotopic (exact) mass is 274 g/mol. The zero-order valence-corrected chi connectivity index (χ0v) is 11.7. The molecule has 0 radical (unpaired) electrons. The largest absolute Gasteiger partial charge is 0.465 e. The molecule has 3 N–H and O–H groups in total. The lowest BCUT2D eigenvalue weighted by atomic mass is 10.0. The van der Waals surface area contributed by atoms with Crippen molar-refractivity contribution in [3.8, 4) is 11.8 Å². The van der Waals surface area contributed by atoms with Crippen molar-refractivity contribution in [1.29, 1.82) is 0 Å². The molecular weight excluding hydrogens is 256 g/mol. The van der Waals surface area contributed by atoms with Gasteiger partial charge in [-0.3, -0.25) is 9.59 Å². The van der Waals surface area contributed by atoms with Crippen molar-refractivity contribution in [2.75, 3.05) is 19.7 Å². The van der Waals surface area contributed by atoms with Crippen molar-refractivity contribution in [3.05, 3.63) is 34.9 Å². The molecule has 0 aromatic heterocycles. The Morgan fingerprint density at radius 1 is 1.40 bits per heavy atom. The van der Waals surface area contributed by atoms with Gasteiger partial charge in [0, 0.05) is 11.1 Å². The molecule has 0 saturated heterocycles. The molecule has 0 saturated carbocycles. The van der Waals surface area contributed by atoms with Crippen molar-refractivity contribution in [2.24, 2.45) is 5.73 Å². The minimum absolute atomic E-state index is 0.148. The average molecular weight is 274 g/mol. The number of aryl methyl sites for hydroxylation is 1. The molecule has 0 aliphatic heterocycles. The van der Waals surface area contributed by atoms with E-state index in [0.29, 0.717) is 11.1 Å². The van der Waals surface area contributed by atoms with Gasteiger partial charge in [-0.05, 0) is 31.5 Å². The van der Waals surface area contributed by atoms with Gasteiger partial charge in [0.15, 0.2) is 0 Å². The third-order valence-electron chi connectivity index (χ3n) is 2.52. The molecule has 0 fully saturated rings. The highest BCUT2D eigenvalue weighted by molar-refractivity contribution is 5.97. The number of amides is 1. The first-order valence-corrected chi connectivity index (χ1v) is 6.32. The van der Waals surface area contributed by atoms with E-state index in [1.165, 1.54) is 0 Å². The van der Waals surface area contributed by atoms with E-state index in [0.717, 1.165) is 5.56 Å². The van der Waals surface area contributed by atoms with Gasteiger partial charge in [0.05, 0.1) is 13.2 Å². The summed E-state index contributed by atoms with van der Waals surface area (Å²) in [5.74, 6) is 4.81. The topological polar surface area (TPSA) is 81.4 Å². The first-order chi connectivity index (χ1) is 9.58. The quantitative estimate of drug-likeness (QED) is 0.622. The van der Waals surface area contributed by atoms with Crippen molar-refractivity contribution in [2.45, 2.75) is 13.8 Å². The second-order valence-corrected chi connectivity index (χ2v) is 4.02. The highest BCUT2D eigenvalue weighted by atomic mass is 16.5. The molecule has 0 aliphatic rings. The predicted octanol–water partition coefficient (Wildman–Crippen LogP) is 0.598. The second kappa shape index (κ2) is 7.97.